The molecule has 0 bridgehead atoms. The van der Waals surface area contributed by atoms with E-state index in [1.807, 2.05) is 13.0 Å². The minimum Gasteiger partial charge on any atom is -0.495 e. The fraction of sp³-hybridized carbons (Fsp3) is 0.333. The van der Waals surface area contributed by atoms with Gasteiger partial charge in [-0.3, -0.25) is 4.72 Å². The third-order valence-corrected chi connectivity index (χ3v) is 6.48. The lowest BCUT2D eigenvalue weighted by Gasteiger charge is -2.15. The molecule has 27 heavy (non-hydrogen) atoms. The average molecular weight is 413 g/mol. The summed E-state index contributed by atoms with van der Waals surface area (Å²) < 4.78 is 59.9. The predicted molar refractivity (Wildman–Crippen MR) is 106 cm³/mol. The first-order valence-corrected chi connectivity index (χ1v) is 11.4. The summed E-state index contributed by atoms with van der Waals surface area (Å²) in [7, 11) is -6.15. The largest absolute Gasteiger partial charge is 0.495 e. The molecule has 0 saturated carbocycles. The maximum absolute atomic E-state index is 12.6. The van der Waals surface area contributed by atoms with Gasteiger partial charge in [0, 0.05) is 6.04 Å². The first-order chi connectivity index (χ1) is 12.5. The monoisotopic (exact) mass is 412 g/mol. The lowest BCUT2D eigenvalue weighted by Crippen LogP contribution is -2.30. The molecule has 7 nitrogen and oxygen atoms in total. The molecule has 0 fully saturated rings. The third-order valence-electron chi connectivity index (χ3n) is 3.58. The van der Waals surface area contributed by atoms with Crippen LogP contribution in [0.4, 0.5) is 5.69 Å². The van der Waals surface area contributed by atoms with Crippen LogP contribution in [0.15, 0.2) is 47.4 Å². The summed E-state index contributed by atoms with van der Waals surface area (Å²) in [6.45, 7) is 5.28. The van der Waals surface area contributed by atoms with Crippen LogP contribution in [0.5, 0.6) is 5.75 Å². The minimum absolute atomic E-state index is 0.0507. The number of aryl methyl sites for hydroxylation is 1. The predicted octanol–water partition coefficient (Wildman–Crippen LogP) is 2.63. The molecule has 2 aromatic carbocycles. The van der Waals surface area contributed by atoms with Crippen molar-refractivity contribution >= 4 is 25.7 Å². The summed E-state index contributed by atoms with van der Waals surface area (Å²) >= 11 is 0. The molecule has 0 spiro atoms. The van der Waals surface area contributed by atoms with Crippen molar-refractivity contribution in [2.45, 2.75) is 37.5 Å². The Kier molecular flexibility index (Phi) is 6.50. The zero-order valence-corrected chi connectivity index (χ0v) is 17.3. The standard InChI is InChI=1S/C18H24N2O5S2/c1-13(2)19-27(23,24)16-8-9-18(25-4)17(11-16)20-26(21,22)12-15-7-5-6-14(3)10-15/h5-11,13,19-20H,12H2,1-4H3. The number of hydrogen-bond acceptors (Lipinski definition) is 5. The number of anilines is 1. The second kappa shape index (κ2) is 8.28. The Hall–Kier alpha value is -2.10. The molecule has 148 valence electrons. The average Bonchev–Trinajstić information content (AvgIpc) is 2.52. The van der Waals surface area contributed by atoms with Crippen LogP contribution in [-0.4, -0.2) is 30.0 Å². The van der Waals surface area contributed by atoms with Gasteiger partial charge in [0.05, 0.1) is 23.4 Å². The van der Waals surface area contributed by atoms with Gasteiger partial charge in [-0.05, 0) is 44.5 Å². The van der Waals surface area contributed by atoms with Crippen LogP contribution in [0, 0.1) is 6.92 Å². The lowest BCUT2D eigenvalue weighted by atomic mass is 10.2. The van der Waals surface area contributed by atoms with Gasteiger partial charge in [0.2, 0.25) is 20.0 Å². The molecule has 0 aliphatic carbocycles. The van der Waals surface area contributed by atoms with Crippen LogP contribution in [0.25, 0.3) is 0 Å². The summed E-state index contributed by atoms with van der Waals surface area (Å²) in [6.07, 6.45) is 0. The van der Waals surface area contributed by atoms with E-state index in [-0.39, 0.29) is 28.1 Å². The lowest BCUT2D eigenvalue weighted by molar-refractivity contribution is 0.416. The van der Waals surface area contributed by atoms with Gasteiger partial charge in [0.1, 0.15) is 5.75 Å². The van der Waals surface area contributed by atoms with Crippen molar-refractivity contribution in [2.75, 3.05) is 11.8 Å². The van der Waals surface area contributed by atoms with Crippen molar-refractivity contribution in [3.8, 4) is 5.75 Å². The van der Waals surface area contributed by atoms with Crippen LogP contribution in [-0.2, 0) is 25.8 Å². The second-order valence-corrected chi connectivity index (χ2v) is 9.92. The quantitative estimate of drug-likeness (QED) is 0.694. The molecule has 0 aliphatic heterocycles. The highest BCUT2D eigenvalue weighted by Crippen LogP contribution is 2.29. The maximum Gasteiger partial charge on any atom is 0.240 e. The SMILES string of the molecule is COc1ccc(S(=O)(=O)NC(C)C)cc1NS(=O)(=O)Cc1cccc(C)c1. The van der Waals surface area contributed by atoms with Crippen LogP contribution >= 0.6 is 0 Å². The highest BCUT2D eigenvalue weighted by Gasteiger charge is 2.20. The number of hydrogen-bond donors (Lipinski definition) is 2. The number of nitrogens with one attached hydrogen (secondary N) is 2. The molecule has 9 heteroatoms. The smallest absolute Gasteiger partial charge is 0.240 e. The number of benzene rings is 2. The molecule has 0 aliphatic rings. The first-order valence-electron chi connectivity index (χ1n) is 8.29. The summed E-state index contributed by atoms with van der Waals surface area (Å²) in [5, 5.41) is 0. The van der Waals surface area contributed by atoms with E-state index in [1.54, 1.807) is 32.0 Å². The summed E-state index contributed by atoms with van der Waals surface area (Å²) in [6, 6.07) is 10.9. The van der Waals surface area contributed by atoms with E-state index >= 15 is 0 Å². The number of rotatable bonds is 8. The zero-order chi connectivity index (χ0) is 20.2. The van der Waals surface area contributed by atoms with Crippen molar-refractivity contribution in [1.29, 1.82) is 0 Å². The molecule has 0 unspecified atom stereocenters. The Labute approximate surface area is 160 Å². The van der Waals surface area contributed by atoms with Crippen LogP contribution in [0.3, 0.4) is 0 Å². The molecule has 2 N–H and O–H groups in total. The van der Waals surface area contributed by atoms with Gasteiger partial charge in [0.25, 0.3) is 0 Å². The van der Waals surface area contributed by atoms with Gasteiger partial charge in [0.15, 0.2) is 0 Å². The molecule has 0 saturated heterocycles. The van der Waals surface area contributed by atoms with E-state index in [0.29, 0.717) is 5.56 Å². The van der Waals surface area contributed by atoms with E-state index in [1.165, 1.54) is 25.3 Å². The number of methoxy groups -OCH3 is 1. The molecule has 0 atom stereocenters. The molecular weight excluding hydrogens is 388 g/mol. The first kappa shape index (κ1) is 21.2. The normalized spacial score (nSPS) is 12.2. The van der Waals surface area contributed by atoms with Crippen LogP contribution in [0.1, 0.15) is 25.0 Å². The Bertz CT molecular complexity index is 1020. The molecule has 2 aromatic rings. The highest BCUT2D eigenvalue weighted by molar-refractivity contribution is 7.92. The van der Waals surface area contributed by atoms with E-state index in [2.05, 4.69) is 9.44 Å². The van der Waals surface area contributed by atoms with Gasteiger partial charge < -0.3 is 4.74 Å². The molecule has 2 rings (SSSR count). The molecule has 0 radical (unpaired) electrons. The van der Waals surface area contributed by atoms with E-state index in [0.717, 1.165) is 5.56 Å². The fourth-order valence-corrected chi connectivity index (χ4v) is 5.00. The Morgan fingerprint density at radius 1 is 1.04 bits per heavy atom. The topological polar surface area (TPSA) is 102 Å². The van der Waals surface area contributed by atoms with Gasteiger partial charge in [-0.1, -0.05) is 29.8 Å². The van der Waals surface area contributed by atoms with Crippen molar-refractivity contribution in [3.63, 3.8) is 0 Å². The fourth-order valence-electron chi connectivity index (χ4n) is 2.54. The van der Waals surface area contributed by atoms with Crippen molar-refractivity contribution in [3.05, 3.63) is 53.6 Å². The Morgan fingerprint density at radius 3 is 2.33 bits per heavy atom. The van der Waals surface area contributed by atoms with E-state index < -0.39 is 20.0 Å². The summed E-state index contributed by atoms with van der Waals surface area (Å²) in [5.41, 5.74) is 1.65. The molecular formula is C18H24N2O5S2. The maximum atomic E-state index is 12.6. The van der Waals surface area contributed by atoms with Gasteiger partial charge >= 0.3 is 0 Å². The minimum atomic E-state index is -3.77. The summed E-state index contributed by atoms with van der Waals surface area (Å²) in [5.74, 6) is -0.00898. The molecule has 0 aromatic heterocycles. The summed E-state index contributed by atoms with van der Waals surface area (Å²) in [4.78, 5) is -0.0507. The number of ether oxygens (including phenoxy) is 1. The van der Waals surface area contributed by atoms with E-state index in [4.69, 9.17) is 4.74 Å². The van der Waals surface area contributed by atoms with Crippen molar-refractivity contribution in [1.82, 2.24) is 4.72 Å². The Balaban J connectivity index is 2.35. The van der Waals surface area contributed by atoms with Crippen LogP contribution < -0.4 is 14.2 Å². The van der Waals surface area contributed by atoms with Crippen LogP contribution in [0.2, 0.25) is 0 Å². The van der Waals surface area contributed by atoms with Gasteiger partial charge in [-0.25, -0.2) is 21.6 Å². The second-order valence-electron chi connectivity index (χ2n) is 6.49. The zero-order valence-electron chi connectivity index (χ0n) is 15.7. The van der Waals surface area contributed by atoms with Crippen molar-refractivity contribution < 1.29 is 21.6 Å². The van der Waals surface area contributed by atoms with Crippen molar-refractivity contribution in [2.24, 2.45) is 0 Å². The third kappa shape index (κ3) is 5.95. The van der Waals surface area contributed by atoms with Gasteiger partial charge in [-0.15, -0.1) is 0 Å². The molecule has 0 amide bonds. The van der Waals surface area contributed by atoms with Gasteiger partial charge in [-0.2, -0.15) is 0 Å². The Morgan fingerprint density at radius 2 is 1.74 bits per heavy atom. The van der Waals surface area contributed by atoms with E-state index in [9.17, 15) is 16.8 Å². The molecule has 0 heterocycles. The highest BCUT2D eigenvalue weighted by atomic mass is 32.2. The number of sulfonamides is 2.